The van der Waals surface area contributed by atoms with Crippen LogP contribution in [0.1, 0.15) is 26.7 Å². The molecule has 0 atom stereocenters. The van der Waals surface area contributed by atoms with Crippen LogP contribution in [0.2, 0.25) is 0 Å². The zero-order valence-electron chi connectivity index (χ0n) is 13.2. The summed E-state index contributed by atoms with van der Waals surface area (Å²) in [6, 6.07) is 0. The maximum Gasteiger partial charge on any atom is 0.236 e. The first-order chi connectivity index (χ1) is 10.2. The van der Waals surface area contributed by atoms with Crippen molar-refractivity contribution >= 4 is 20.0 Å². The summed E-state index contributed by atoms with van der Waals surface area (Å²) in [7, 11) is -7.04. The number of rotatable bonds is 10. The molecule has 8 heteroatoms. The van der Waals surface area contributed by atoms with Gasteiger partial charge in [-0.2, -0.15) is 8.61 Å². The predicted octanol–water partition coefficient (Wildman–Crippen LogP) is 1.36. The lowest BCUT2D eigenvalue weighted by Crippen LogP contribution is -2.31. The fourth-order valence-corrected chi connectivity index (χ4v) is 3.38. The third-order valence-electron chi connectivity index (χ3n) is 2.72. The fourth-order valence-electron chi connectivity index (χ4n) is 1.59. The molecule has 0 N–H and O–H groups in total. The van der Waals surface area contributed by atoms with Crippen LogP contribution in [0.4, 0.5) is 0 Å². The molecule has 0 rings (SSSR count). The molecule has 0 saturated carbocycles. The normalized spacial score (nSPS) is 12.0. The zero-order valence-corrected chi connectivity index (χ0v) is 14.8. The third kappa shape index (κ3) is 6.75. The van der Waals surface area contributed by atoms with Crippen LogP contribution < -0.4 is 0 Å². The molecular weight excluding hydrogens is 324 g/mol. The van der Waals surface area contributed by atoms with Crippen molar-refractivity contribution in [2.45, 2.75) is 26.7 Å². The molecule has 0 amide bonds. The van der Waals surface area contributed by atoms with E-state index in [4.69, 9.17) is 0 Å². The highest BCUT2D eigenvalue weighted by Crippen LogP contribution is 2.04. The second kappa shape index (κ2) is 9.79. The average molecular weight is 348 g/mol. The Bertz CT molecular complexity index is 573. The Hall–Kier alpha value is -1.14. The van der Waals surface area contributed by atoms with Gasteiger partial charge in [0.25, 0.3) is 0 Å². The van der Waals surface area contributed by atoms with Crippen LogP contribution in [0.3, 0.4) is 0 Å². The fraction of sp³-hybridized carbons (Fsp3) is 0.571. The Morgan fingerprint density at radius 1 is 0.818 bits per heavy atom. The number of hydrogen-bond donors (Lipinski definition) is 0. The molecule has 0 aliphatic heterocycles. The van der Waals surface area contributed by atoms with E-state index in [9.17, 15) is 16.8 Å². The average Bonchev–Trinajstić information content (AvgIpc) is 2.48. The van der Waals surface area contributed by atoms with Gasteiger partial charge in [0, 0.05) is 23.9 Å². The van der Waals surface area contributed by atoms with Crippen LogP contribution in [0.15, 0.2) is 24.0 Å². The minimum absolute atomic E-state index is 0.0102. The topological polar surface area (TPSA) is 74.8 Å². The molecule has 0 fully saturated rings. The molecule has 0 aromatic carbocycles. The van der Waals surface area contributed by atoms with Crippen molar-refractivity contribution < 1.29 is 16.8 Å². The van der Waals surface area contributed by atoms with E-state index >= 15 is 0 Å². The summed E-state index contributed by atoms with van der Waals surface area (Å²) in [5.41, 5.74) is 0. The molecule has 0 spiro atoms. The van der Waals surface area contributed by atoms with Gasteiger partial charge >= 0.3 is 0 Å². The van der Waals surface area contributed by atoms with E-state index in [2.05, 4.69) is 25.0 Å². The van der Waals surface area contributed by atoms with Gasteiger partial charge in [-0.15, -0.1) is 0 Å². The van der Waals surface area contributed by atoms with Crippen molar-refractivity contribution in [3.05, 3.63) is 24.0 Å². The number of nitrogens with zero attached hydrogens (tertiary/aromatic N) is 2. The van der Waals surface area contributed by atoms with E-state index in [0.29, 0.717) is 25.9 Å². The van der Waals surface area contributed by atoms with Crippen LogP contribution in [0.25, 0.3) is 0 Å². The molecule has 0 heterocycles. The van der Waals surface area contributed by atoms with Gasteiger partial charge in [0.15, 0.2) is 0 Å². The van der Waals surface area contributed by atoms with Crippen molar-refractivity contribution in [1.82, 2.24) is 8.61 Å². The second-order valence-corrected chi connectivity index (χ2v) is 8.20. The molecule has 0 saturated heterocycles. The monoisotopic (exact) mass is 348 g/mol. The van der Waals surface area contributed by atoms with Crippen molar-refractivity contribution in [2.24, 2.45) is 0 Å². The number of hydrogen-bond acceptors (Lipinski definition) is 4. The van der Waals surface area contributed by atoms with Crippen LogP contribution in [0, 0.1) is 11.8 Å². The second-order valence-electron chi connectivity index (χ2n) is 4.44. The van der Waals surface area contributed by atoms with Crippen molar-refractivity contribution in [3.63, 3.8) is 0 Å². The van der Waals surface area contributed by atoms with Crippen molar-refractivity contribution in [2.75, 3.05) is 26.2 Å². The van der Waals surface area contributed by atoms with Gasteiger partial charge in [-0.05, 0) is 12.8 Å². The van der Waals surface area contributed by atoms with Gasteiger partial charge in [-0.25, -0.2) is 16.8 Å². The van der Waals surface area contributed by atoms with Gasteiger partial charge in [-0.1, -0.05) is 38.8 Å². The van der Waals surface area contributed by atoms with E-state index in [1.54, 1.807) is 0 Å². The summed E-state index contributed by atoms with van der Waals surface area (Å²) in [6.07, 6.45) is 1.31. The smallest absolute Gasteiger partial charge is 0.207 e. The standard InChI is InChI=1S/C14H24N2O4S2/c1-5-11-15(21(17,18)7-3)13-9-10-14-16(12-6-2)22(19,20)8-4/h7-8H,3-6,11-14H2,1-2H3. The van der Waals surface area contributed by atoms with E-state index in [1.165, 1.54) is 8.61 Å². The largest absolute Gasteiger partial charge is 0.236 e. The van der Waals surface area contributed by atoms with Gasteiger partial charge in [-0.3, -0.25) is 0 Å². The highest BCUT2D eigenvalue weighted by atomic mass is 32.2. The predicted molar refractivity (Wildman–Crippen MR) is 89.7 cm³/mol. The highest BCUT2D eigenvalue weighted by Gasteiger charge is 2.17. The summed E-state index contributed by atoms with van der Waals surface area (Å²) in [6.45, 7) is 11.0. The van der Waals surface area contributed by atoms with Gasteiger partial charge < -0.3 is 0 Å². The van der Waals surface area contributed by atoms with Gasteiger partial charge in [0.05, 0.1) is 13.1 Å². The van der Waals surface area contributed by atoms with Crippen molar-refractivity contribution in [1.29, 1.82) is 0 Å². The molecule has 6 nitrogen and oxygen atoms in total. The molecule has 0 aliphatic carbocycles. The summed E-state index contributed by atoms with van der Waals surface area (Å²) in [5.74, 6) is 5.41. The van der Waals surface area contributed by atoms with Crippen LogP contribution in [-0.4, -0.2) is 51.6 Å². The van der Waals surface area contributed by atoms with E-state index < -0.39 is 20.0 Å². The lowest BCUT2D eigenvalue weighted by Gasteiger charge is -2.17. The zero-order chi connectivity index (χ0) is 17.2. The van der Waals surface area contributed by atoms with E-state index in [-0.39, 0.29) is 13.1 Å². The SMILES string of the molecule is C=CS(=O)(=O)N(CC#CCN(CCC)S(=O)(=O)C=C)CCC. The molecule has 0 unspecified atom stereocenters. The molecule has 0 aliphatic rings. The summed E-state index contributed by atoms with van der Waals surface area (Å²) in [5, 5.41) is 1.77. The number of sulfonamides is 2. The lowest BCUT2D eigenvalue weighted by molar-refractivity contribution is 0.448. The third-order valence-corrected chi connectivity index (χ3v) is 5.63. The molecular formula is C14H24N2O4S2. The molecule has 0 aromatic rings. The summed E-state index contributed by atoms with van der Waals surface area (Å²) >= 11 is 0. The molecule has 22 heavy (non-hydrogen) atoms. The Morgan fingerprint density at radius 3 is 1.36 bits per heavy atom. The Kier molecular flexibility index (Phi) is 9.28. The van der Waals surface area contributed by atoms with Gasteiger partial charge in [0.1, 0.15) is 0 Å². The Balaban J connectivity index is 4.92. The molecule has 0 aromatic heterocycles. The Labute approximate surface area is 134 Å². The van der Waals surface area contributed by atoms with Crippen LogP contribution in [0.5, 0.6) is 0 Å². The van der Waals surface area contributed by atoms with Crippen molar-refractivity contribution in [3.8, 4) is 11.8 Å². The summed E-state index contributed by atoms with van der Waals surface area (Å²) in [4.78, 5) is 0. The van der Waals surface area contributed by atoms with Crippen LogP contribution in [-0.2, 0) is 20.0 Å². The van der Waals surface area contributed by atoms with E-state index in [0.717, 1.165) is 10.8 Å². The minimum Gasteiger partial charge on any atom is -0.207 e. The van der Waals surface area contributed by atoms with Crippen LogP contribution >= 0.6 is 0 Å². The Morgan fingerprint density at radius 2 is 1.14 bits per heavy atom. The van der Waals surface area contributed by atoms with E-state index in [1.807, 2.05) is 13.8 Å². The molecule has 0 bridgehead atoms. The quantitative estimate of drug-likeness (QED) is 0.559. The maximum absolute atomic E-state index is 11.7. The van der Waals surface area contributed by atoms with Gasteiger partial charge in [0.2, 0.25) is 20.0 Å². The summed E-state index contributed by atoms with van der Waals surface area (Å²) < 4.78 is 49.4. The minimum atomic E-state index is -3.52. The first-order valence-electron chi connectivity index (χ1n) is 6.96. The highest BCUT2D eigenvalue weighted by molar-refractivity contribution is 7.92. The molecule has 126 valence electrons. The first-order valence-corrected chi connectivity index (χ1v) is 9.96. The maximum atomic E-state index is 11.7. The first kappa shape index (κ1) is 20.9. The molecule has 0 radical (unpaired) electrons. The lowest BCUT2D eigenvalue weighted by atomic mass is 10.4.